The summed E-state index contributed by atoms with van der Waals surface area (Å²) in [5.74, 6) is 0. The predicted molar refractivity (Wildman–Crippen MR) is 70.3 cm³/mol. The maximum atomic E-state index is 10.3. The van der Waals surface area contributed by atoms with Crippen molar-refractivity contribution < 1.29 is 5.11 Å². The second kappa shape index (κ2) is 4.90. The first-order valence-corrected chi connectivity index (χ1v) is 6.08. The third-order valence-electron chi connectivity index (χ3n) is 3.29. The molecule has 1 heterocycles. The van der Waals surface area contributed by atoms with Crippen LogP contribution in [0.15, 0.2) is 18.3 Å². The van der Waals surface area contributed by atoms with Crippen LogP contribution >= 0.6 is 0 Å². The lowest BCUT2D eigenvalue weighted by atomic mass is 9.95. The Bertz CT molecular complexity index is 560. The molecule has 1 N–H and O–H groups in total. The summed E-state index contributed by atoms with van der Waals surface area (Å²) < 4.78 is 1.65. The fourth-order valence-corrected chi connectivity index (χ4v) is 2.14. The average Bonchev–Trinajstić information content (AvgIpc) is 2.69. The first-order chi connectivity index (χ1) is 8.47. The number of hydrogen-bond acceptors (Lipinski definition) is 3. The van der Waals surface area contributed by atoms with Crippen molar-refractivity contribution in [3.05, 3.63) is 46.3 Å². The molecule has 4 nitrogen and oxygen atoms in total. The van der Waals surface area contributed by atoms with E-state index in [1.54, 1.807) is 4.68 Å². The molecule has 18 heavy (non-hydrogen) atoms. The Hall–Kier alpha value is -1.68. The van der Waals surface area contributed by atoms with Crippen LogP contribution in [0.1, 0.15) is 34.1 Å². The molecule has 0 saturated carbocycles. The molecule has 0 bridgehead atoms. The Balaban J connectivity index is 2.23. The van der Waals surface area contributed by atoms with Gasteiger partial charge in [0.25, 0.3) is 0 Å². The number of hydrogen-bond donors (Lipinski definition) is 1. The average molecular weight is 245 g/mol. The number of benzene rings is 1. The summed E-state index contributed by atoms with van der Waals surface area (Å²) in [7, 11) is 1.82. The van der Waals surface area contributed by atoms with Crippen molar-refractivity contribution in [1.29, 1.82) is 0 Å². The molecule has 0 radical (unpaired) electrons. The molecule has 0 aliphatic rings. The van der Waals surface area contributed by atoms with Crippen LogP contribution in [0.25, 0.3) is 0 Å². The molecule has 1 aromatic heterocycles. The highest BCUT2D eigenvalue weighted by molar-refractivity contribution is 5.37. The Morgan fingerprint density at radius 1 is 1.17 bits per heavy atom. The van der Waals surface area contributed by atoms with Crippen LogP contribution in [0.4, 0.5) is 0 Å². The SMILES string of the molecule is Cc1cc(C)c(C(O)Cc2cn(C)nn2)cc1C. The Morgan fingerprint density at radius 3 is 2.44 bits per heavy atom. The van der Waals surface area contributed by atoms with Crippen molar-refractivity contribution in [2.75, 3.05) is 0 Å². The predicted octanol–water partition coefficient (Wildman–Crippen LogP) is 2.02. The van der Waals surface area contributed by atoms with Crippen molar-refractivity contribution in [3.8, 4) is 0 Å². The number of nitrogens with zero attached hydrogens (tertiary/aromatic N) is 3. The fourth-order valence-electron chi connectivity index (χ4n) is 2.14. The molecule has 4 heteroatoms. The number of aliphatic hydroxyl groups is 1. The van der Waals surface area contributed by atoms with E-state index >= 15 is 0 Å². The van der Waals surface area contributed by atoms with Gasteiger partial charge in [0.05, 0.1) is 11.8 Å². The van der Waals surface area contributed by atoms with E-state index in [2.05, 4.69) is 36.3 Å². The van der Waals surface area contributed by atoms with Gasteiger partial charge in [0.1, 0.15) is 0 Å². The van der Waals surface area contributed by atoms with Crippen molar-refractivity contribution in [3.63, 3.8) is 0 Å². The van der Waals surface area contributed by atoms with Crippen LogP contribution in [0, 0.1) is 20.8 Å². The third kappa shape index (κ3) is 2.59. The monoisotopic (exact) mass is 245 g/mol. The van der Waals surface area contributed by atoms with Crippen LogP contribution in [0.2, 0.25) is 0 Å². The van der Waals surface area contributed by atoms with Crippen molar-refractivity contribution in [2.45, 2.75) is 33.3 Å². The molecule has 0 amide bonds. The summed E-state index contributed by atoms with van der Waals surface area (Å²) >= 11 is 0. The maximum Gasteiger partial charge on any atom is 0.0856 e. The van der Waals surface area contributed by atoms with Crippen LogP contribution in [-0.4, -0.2) is 20.1 Å². The van der Waals surface area contributed by atoms with Gasteiger partial charge >= 0.3 is 0 Å². The molecule has 1 atom stereocenters. The smallest absolute Gasteiger partial charge is 0.0856 e. The van der Waals surface area contributed by atoms with Gasteiger partial charge in [-0.25, -0.2) is 0 Å². The van der Waals surface area contributed by atoms with Gasteiger partial charge in [-0.1, -0.05) is 17.3 Å². The van der Waals surface area contributed by atoms with Gasteiger partial charge in [0.15, 0.2) is 0 Å². The minimum atomic E-state index is -0.527. The zero-order chi connectivity index (χ0) is 13.3. The zero-order valence-electron chi connectivity index (χ0n) is 11.3. The van der Waals surface area contributed by atoms with Gasteiger partial charge < -0.3 is 5.11 Å². The van der Waals surface area contributed by atoms with E-state index in [1.165, 1.54) is 11.1 Å². The summed E-state index contributed by atoms with van der Waals surface area (Å²) in [6.45, 7) is 6.18. The molecule has 0 aliphatic carbocycles. The molecular formula is C14H19N3O. The first kappa shape index (κ1) is 12.8. The normalized spacial score (nSPS) is 12.7. The van der Waals surface area contributed by atoms with Crippen molar-refractivity contribution in [2.24, 2.45) is 7.05 Å². The second-order valence-electron chi connectivity index (χ2n) is 4.90. The number of aryl methyl sites for hydroxylation is 4. The molecule has 0 aliphatic heterocycles. The topological polar surface area (TPSA) is 50.9 Å². The van der Waals surface area contributed by atoms with Crippen molar-refractivity contribution >= 4 is 0 Å². The second-order valence-corrected chi connectivity index (χ2v) is 4.90. The quantitative estimate of drug-likeness (QED) is 0.900. The number of aromatic nitrogens is 3. The van der Waals surface area contributed by atoms with Gasteiger partial charge in [-0.2, -0.15) is 0 Å². The highest BCUT2D eigenvalue weighted by Gasteiger charge is 2.14. The minimum Gasteiger partial charge on any atom is -0.388 e. The molecule has 96 valence electrons. The van der Waals surface area contributed by atoms with E-state index in [1.807, 2.05) is 20.2 Å². The highest BCUT2D eigenvalue weighted by atomic mass is 16.3. The zero-order valence-corrected chi connectivity index (χ0v) is 11.3. The molecular weight excluding hydrogens is 226 g/mol. The molecule has 2 rings (SSSR count). The van der Waals surface area contributed by atoms with Gasteiger partial charge in [0.2, 0.25) is 0 Å². The number of rotatable bonds is 3. The minimum absolute atomic E-state index is 0.497. The van der Waals surface area contributed by atoms with E-state index in [0.29, 0.717) is 6.42 Å². The van der Waals surface area contributed by atoms with Crippen LogP contribution in [0.3, 0.4) is 0 Å². The van der Waals surface area contributed by atoms with E-state index < -0.39 is 6.10 Å². The van der Waals surface area contributed by atoms with E-state index in [9.17, 15) is 5.11 Å². The van der Waals surface area contributed by atoms with Gasteiger partial charge in [0, 0.05) is 19.7 Å². The summed E-state index contributed by atoms with van der Waals surface area (Å²) in [5, 5.41) is 18.2. The standard InChI is InChI=1S/C14H19N3O/c1-9-5-11(3)13(6-10(9)2)14(18)7-12-8-17(4)16-15-12/h5-6,8,14,18H,7H2,1-4H3. The molecule has 2 aromatic rings. The van der Waals surface area contributed by atoms with Gasteiger partial charge in [-0.3, -0.25) is 4.68 Å². The first-order valence-electron chi connectivity index (χ1n) is 6.08. The Labute approximate surface area is 107 Å². The third-order valence-corrected chi connectivity index (χ3v) is 3.29. The summed E-state index contributed by atoms with van der Waals surface area (Å²) in [5.41, 5.74) is 5.36. The van der Waals surface area contributed by atoms with Crippen molar-refractivity contribution in [1.82, 2.24) is 15.0 Å². The van der Waals surface area contributed by atoms with Crippen LogP contribution in [0.5, 0.6) is 0 Å². The molecule has 1 unspecified atom stereocenters. The molecule has 1 aromatic carbocycles. The summed E-state index contributed by atoms with van der Waals surface area (Å²) in [6.07, 6.45) is 1.80. The van der Waals surface area contributed by atoms with E-state index in [0.717, 1.165) is 16.8 Å². The Morgan fingerprint density at radius 2 is 1.83 bits per heavy atom. The fraction of sp³-hybridized carbons (Fsp3) is 0.429. The van der Waals surface area contributed by atoms with E-state index in [-0.39, 0.29) is 0 Å². The molecule has 0 spiro atoms. The molecule has 0 saturated heterocycles. The largest absolute Gasteiger partial charge is 0.388 e. The maximum absolute atomic E-state index is 10.3. The van der Waals surface area contributed by atoms with Crippen LogP contribution < -0.4 is 0 Å². The van der Waals surface area contributed by atoms with E-state index in [4.69, 9.17) is 0 Å². The lowest BCUT2D eigenvalue weighted by Gasteiger charge is -2.14. The lowest BCUT2D eigenvalue weighted by molar-refractivity contribution is 0.176. The van der Waals surface area contributed by atoms with Gasteiger partial charge in [-0.05, 0) is 43.0 Å². The van der Waals surface area contributed by atoms with Crippen LogP contribution in [-0.2, 0) is 13.5 Å². The summed E-state index contributed by atoms with van der Waals surface area (Å²) in [6, 6.07) is 4.18. The Kier molecular flexibility index (Phi) is 3.48. The van der Waals surface area contributed by atoms with Gasteiger partial charge in [-0.15, -0.1) is 5.10 Å². The summed E-state index contributed by atoms with van der Waals surface area (Å²) in [4.78, 5) is 0. The molecule has 0 fully saturated rings. The number of aliphatic hydroxyl groups excluding tert-OH is 1. The highest BCUT2D eigenvalue weighted by Crippen LogP contribution is 2.24. The lowest BCUT2D eigenvalue weighted by Crippen LogP contribution is -2.05.